The summed E-state index contributed by atoms with van der Waals surface area (Å²) in [4.78, 5) is 16.8. The smallest absolute Gasteiger partial charge is 0.419 e. The summed E-state index contributed by atoms with van der Waals surface area (Å²) in [6.07, 6.45) is -4.82. The zero-order valence-electron chi connectivity index (χ0n) is 15.3. The first-order valence-corrected chi connectivity index (χ1v) is 8.27. The van der Waals surface area contributed by atoms with E-state index in [-0.39, 0.29) is 12.1 Å². The summed E-state index contributed by atoms with van der Waals surface area (Å²) in [5, 5.41) is 2.60. The highest BCUT2D eigenvalue weighted by molar-refractivity contribution is 5.94. The van der Waals surface area contributed by atoms with Gasteiger partial charge in [-0.25, -0.2) is 9.37 Å². The largest absolute Gasteiger partial charge is 0.496 e. The van der Waals surface area contributed by atoms with Gasteiger partial charge in [0.1, 0.15) is 17.4 Å². The van der Waals surface area contributed by atoms with Crippen LogP contribution in [0.2, 0.25) is 0 Å². The fourth-order valence-electron chi connectivity index (χ4n) is 3.00. The summed E-state index contributed by atoms with van der Waals surface area (Å²) in [6, 6.07) is 5.57. The molecule has 2 aromatic carbocycles. The molecule has 0 saturated heterocycles. The number of alkyl halides is 3. The molecule has 1 N–H and O–H groups in total. The highest BCUT2D eigenvalue weighted by Crippen LogP contribution is 2.32. The zero-order valence-corrected chi connectivity index (χ0v) is 15.3. The minimum atomic E-state index is -4.82. The third-order valence-corrected chi connectivity index (χ3v) is 4.50. The lowest BCUT2D eigenvalue weighted by Crippen LogP contribution is -2.24. The monoisotopic (exact) mass is 395 g/mol. The molecule has 28 heavy (non-hydrogen) atoms. The Hall–Kier alpha value is -3.10. The van der Waals surface area contributed by atoms with Crippen molar-refractivity contribution >= 4 is 16.9 Å². The summed E-state index contributed by atoms with van der Waals surface area (Å²) in [5.41, 5.74) is 0.504. The molecule has 0 spiro atoms. The van der Waals surface area contributed by atoms with Gasteiger partial charge in [0, 0.05) is 24.7 Å². The fraction of sp³-hybridized carbons (Fsp3) is 0.263. The Kier molecular flexibility index (Phi) is 5.01. The highest BCUT2D eigenvalue weighted by atomic mass is 19.4. The van der Waals surface area contributed by atoms with Crippen molar-refractivity contribution in [1.82, 2.24) is 14.9 Å². The number of nitrogens with one attached hydrogen (secondary N) is 1. The van der Waals surface area contributed by atoms with Crippen molar-refractivity contribution in [3.8, 4) is 5.75 Å². The molecule has 3 aromatic rings. The number of imidazole rings is 1. The second kappa shape index (κ2) is 7.14. The minimum Gasteiger partial charge on any atom is -0.496 e. The van der Waals surface area contributed by atoms with Crippen molar-refractivity contribution in [2.24, 2.45) is 7.05 Å². The van der Waals surface area contributed by atoms with Crippen molar-refractivity contribution in [2.45, 2.75) is 19.6 Å². The number of hydrogen-bond donors (Lipinski definition) is 1. The predicted octanol–water partition coefficient (Wildman–Crippen LogP) is 3.98. The van der Waals surface area contributed by atoms with Crippen molar-refractivity contribution in [1.29, 1.82) is 0 Å². The first-order valence-electron chi connectivity index (χ1n) is 8.27. The lowest BCUT2D eigenvalue weighted by Gasteiger charge is -2.13. The van der Waals surface area contributed by atoms with Crippen LogP contribution in [0.4, 0.5) is 17.6 Å². The third-order valence-electron chi connectivity index (χ3n) is 4.50. The van der Waals surface area contributed by atoms with Crippen molar-refractivity contribution in [3.63, 3.8) is 0 Å². The normalized spacial score (nSPS) is 11.7. The number of rotatable bonds is 4. The quantitative estimate of drug-likeness (QED) is 0.680. The Morgan fingerprint density at radius 2 is 1.96 bits per heavy atom. The lowest BCUT2D eigenvalue weighted by atomic mass is 10.1. The van der Waals surface area contributed by atoms with Crippen molar-refractivity contribution < 1.29 is 27.1 Å². The number of carbonyl (C=O) groups excluding carboxylic acids is 1. The topological polar surface area (TPSA) is 56.1 Å². The number of carbonyl (C=O) groups is 1. The van der Waals surface area contributed by atoms with Crippen LogP contribution in [0.1, 0.15) is 27.3 Å². The molecule has 0 radical (unpaired) electrons. The van der Waals surface area contributed by atoms with Crippen LogP contribution in [-0.2, 0) is 19.8 Å². The number of amides is 1. The Labute approximate surface area is 157 Å². The van der Waals surface area contributed by atoms with Crippen molar-refractivity contribution in [2.75, 3.05) is 7.11 Å². The molecule has 1 heterocycles. The fourth-order valence-corrected chi connectivity index (χ4v) is 3.00. The number of fused-ring (bicyclic) bond motifs is 1. The van der Waals surface area contributed by atoms with E-state index >= 15 is 0 Å². The van der Waals surface area contributed by atoms with Crippen LogP contribution in [0, 0.1) is 12.7 Å². The Balaban J connectivity index is 1.88. The Morgan fingerprint density at radius 3 is 2.57 bits per heavy atom. The maximum absolute atomic E-state index is 13.7. The average Bonchev–Trinajstić information content (AvgIpc) is 2.92. The number of aromatic nitrogens is 2. The van der Waals surface area contributed by atoms with E-state index in [1.54, 1.807) is 12.1 Å². The van der Waals surface area contributed by atoms with Crippen LogP contribution < -0.4 is 10.1 Å². The van der Waals surface area contributed by atoms with Crippen LogP contribution in [0.15, 0.2) is 30.3 Å². The molecule has 0 unspecified atom stereocenters. The van der Waals surface area contributed by atoms with E-state index < -0.39 is 23.5 Å². The number of benzene rings is 2. The predicted molar refractivity (Wildman–Crippen MR) is 94.6 cm³/mol. The molecule has 1 amide bonds. The van der Waals surface area contributed by atoms with Gasteiger partial charge in [0.15, 0.2) is 0 Å². The first-order chi connectivity index (χ1) is 13.1. The molecular formula is C19H17F4N3O2. The van der Waals surface area contributed by atoms with E-state index in [1.165, 1.54) is 7.11 Å². The number of hydrogen-bond acceptors (Lipinski definition) is 3. The Bertz CT molecular complexity index is 1060. The van der Waals surface area contributed by atoms with E-state index in [1.807, 2.05) is 18.5 Å². The summed E-state index contributed by atoms with van der Waals surface area (Å²) in [5.74, 6) is -0.914. The molecule has 0 fully saturated rings. The van der Waals surface area contributed by atoms with Gasteiger partial charge in [-0.05, 0) is 37.3 Å². The standard InChI is InChI=1S/C19H17F4N3O2/c1-10-25-15-6-7-16(28-3)12(17(15)26(10)2)9-24-18(27)11-4-5-13(14(20)8-11)19(21,22)23/h4-8H,9H2,1-3H3,(H,24,27). The maximum Gasteiger partial charge on any atom is 0.419 e. The molecule has 0 aliphatic carbocycles. The molecule has 0 bridgehead atoms. The van der Waals surface area contributed by atoms with Crippen molar-refractivity contribution in [3.05, 3.63) is 58.7 Å². The number of aryl methyl sites for hydroxylation is 2. The summed E-state index contributed by atoms with van der Waals surface area (Å²) >= 11 is 0. The van der Waals surface area contributed by atoms with Gasteiger partial charge in [-0.1, -0.05) is 0 Å². The number of halogens is 4. The molecule has 1 aromatic heterocycles. The molecule has 9 heteroatoms. The zero-order chi connectivity index (χ0) is 20.6. The molecule has 5 nitrogen and oxygen atoms in total. The van der Waals surface area contributed by atoms with Crippen LogP contribution in [0.3, 0.4) is 0 Å². The highest BCUT2D eigenvalue weighted by Gasteiger charge is 2.34. The van der Waals surface area contributed by atoms with E-state index in [2.05, 4.69) is 10.3 Å². The van der Waals surface area contributed by atoms with E-state index in [9.17, 15) is 22.4 Å². The van der Waals surface area contributed by atoms with Gasteiger partial charge >= 0.3 is 6.18 Å². The lowest BCUT2D eigenvalue weighted by molar-refractivity contribution is -0.140. The molecule has 3 rings (SSSR count). The third kappa shape index (κ3) is 3.51. The van der Waals surface area contributed by atoms with E-state index in [0.717, 1.165) is 17.4 Å². The van der Waals surface area contributed by atoms with Gasteiger partial charge in [0.2, 0.25) is 0 Å². The average molecular weight is 395 g/mol. The van der Waals surface area contributed by atoms with Crippen LogP contribution >= 0.6 is 0 Å². The SMILES string of the molecule is COc1ccc2nc(C)n(C)c2c1CNC(=O)c1ccc(C(F)(F)F)c(F)c1. The van der Waals surface area contributed by atoms with E-state index in [0.29, 0.717) is 29.0 Å². The van der Waals surface area contributed by atoms with Crippen LogP contribution in [-0.4, -0.2) is 22.6 Å². The van der Waals surface area contributed by atoms with Gasteiger partial charge in [0.25, 0.3) is 5.91 Å². The van der Waals surface area contributed by atoms with Gasteiger partial charge in [-0.3, -0.25) is 4.79 Å². The molecule has 148 valence electrons. The Morgan fingerprint density at radius 1 is 1.25 bits per heavy atom. The second-order valence-electron chi connectivity index (χ2n) is 6.21. The van der Waals surface area contributed by atoms with Crippen LogP contribution in [0.5, 0.6) is 5.75 Å². The second-order valence-corrected chi connectivity index (χ2v) is 6.21. The van der Waals surface area contributed by atoms with E-state index in [4.69, 9.17) is 4.74 Å². The molecule has 0 atom stereocenters. The number of ether oxygens (including phenoxy) is 1. The summed E-state index contributed by atoms with van der Waals surface area (Å²) < 4.78 is 58.9. The molecule has 0 saturated carbocycles. The van der Waals surface area contributed by atoms with Gasteiger partial charge in [-0.2, -0.15) is 13.2 Å². The first kappa shape index (κ1) is 19.7. The van der Waals surface area contributed by atoms with Gasteiger partial charge < -0.3 is 14.6 Å². The molecule has 0 aliphatic rings. The summed E-state index contributed by atoms with van der Waals surface area (Å²) in [6.45, 7) is 1.86. The maximum atomic E-state index is 13.7. The van der Waals surface area contributed by atoms with Gasteiger partial charge in [-0.15, -0.1) is 0 Å². The number of nitrogens with zero attached hydrogens (tertiary/aromatic N) is 2. The molecular weight excluding hydrogens is 378 g/mol. The minimum absolute atomic E-state index is 0.0287. The summed E-state index contributed by atoms with van der Waals surface area (Å²) in [7, 11) is 3.31. The van der Waals surface area contributed by atoms with Crippen LogP contribution in [0.25, 0.3) is 11.0 Å². The van der Waals surface area contributed by atoms with Gasteiger partial charge in [0.05, 0.1) is 23.7 Å². The number of methoxy groups -OCH3 is 1. The molecule has 0 aliphatic heterocycles.